The van der Waals surface area contributed by atoms with Crippen molar-refractivity contribution in [1.29, 1.82) is 0 Å². The van der Waals surface area contributed by atoms with Crippen molar-refractivity contribution in [2.45, 2.75) is 18.9 Å². The lowest BCUT2D eigenvalue weighted by Crippen LogP contribution is -2.21. The van der Waals surface area contributed by atoms with Crippen LogP contribution in [0.25, 0.3) is 0 Å². The zero-order valence-corrected chi connectivity index (χ0v) is 11.9. The highest BCUT2D eigenvalue weighted by Gasteiger charge is 2.18. The number of nitrogens with one attached hydrogen (secondary N) is 1. The van der Waals surface area contributed by atoms with Crippen LogP contribution in [0.1, 0.15) is 29.6 Å². The van der Waals surface area contributed by atoms with Crippen LogP contribution in [-0.4, -0.2) is 27.6 Å². The zero-order valence-electron chi connectivity index (χ0n) is 10.2. The summed E-state index contributed by atoms with van der Waals surface area (Å²) in [5.74, 6) is -0.798. The van der Waals surface area contributed by atoms with E-state index >= 15 is 0 Å². The van der Waals surface area contributed by atoms with Gasteiger partial charge in [-0.2, -0.15) is 0 Å². The Morgan fingerprint density at radius 2 is 2.37 bits per heavy atom. The first-order valence-electron chi connectivity index (χ1n) is 5.65. The average Bonchev–Trinajstić information content (AvgIpc) is 3.06. The highest BCUT2D eigenvalue weighted by Crippen LogP contribution is 2.22. The molecule has 2 heterocycles. The Labute approximate surface area is 118 Å². The highest BCUT2D eigenvalue weighted by atomic mass is 32.1. The van der Waals surface area contributed by atoms with Gasteiger partial charge in [-0.1, -0.05) is 6.92 Å². The summed E-state index contributed by atoms with van der Waals surface area (Å²) in [6.45, 7) is 2.77. The Hall–Kier alpha value is -1.51. The molecule has 0 aromatic carbocycles. The van der Waals surface area contributed by atoms with E-state index in [1.807, 2.05) is 5.38 Å². The number of aliphatic carboxylic acids is 1. The molecule has 0 aliphatic carbocycles. The Bertz CT molecular complexity index is 541. The van der Waals surface area contributed by atoms with Gasteiger partial charge in [-0.15, -0.1) is 22.7 Å². The summed E-state index contributed by atoms with van der Waals surface area (Å²) < 4.78 is 0. The highest BCUT2D eigenvalue weighted by molar-refractivity contribution is 7.13. The fourth-order valence-corrected chi connectivity index (χ4v) is 2.90. The molecule has 0 amide bonds. The molecule has 0 aliphatic heterocycles. The van der Waals surface area contributed by atoms with Gasteiger partial charge < -0.3 is 16.2 Å². The molecule has 102 valence electrons. The van der Waals surface area contributed by atoms with Crippen LogP contribution in [0.3, 0.4) is 0 Å². The summed E-state index contributed by atoms with van der Waals surface area (Å²) in [5.41, 5.74) is 5.87. The summed E-state index contributed by atoms with van der Waals surface area (Å²) in [6.07, 6.45) is 1.78. The lowest BCUT2D eigenvalue weighted by atomic mass is 10.2. The number of anilines is 1. The minimum atomic E-state index is -1.08. The smallest absolute Gasteiger partial charge is 0.326 e. The van der Waals surface area contributed by atoms with Crippen molar-refractivity contribution in [1.82, 2.24) is 9.97 Å². The minimum Gasteiger partial charge on any atom is -0.480 e. The number of aromatic nitrogens is 2. The second-order valence-corrected chi connectivity index (χ2v) is 5.83. The molecule has 2 aromatic heterocycles. The maximum Gasteiger partial charge on any atom is 0.326 e. The Morgan fingerprint density at radius 1 is 1.58 bits per heavy atom. The predicted molar refractivity (Wildman–Crippen MR) is 75.7 cm³/mol. The van der Waals surface area contributed by atoms with Gasteiger partial charge in [0, 0.05) is 29.4 Å². The van der Waals surface area contributed by atoms with Crippen LogP contribution < -0.4 is 11.1 Å². The molecule has 6 nitrogen and oxygen atoms in total. The van der Waals surface area contributed by atoms with Gasteiger partial charge >= 0.3 is 5.97 Å². The number of thiazole rings is 2. The Kier molecular flexibility index (Phi) is 4.46. The fourth-order valence-electron chi connectivity index (χ4n) is 1.44. The van der Waals surface area contributed by atoms with E-state index in [4.69, 9.17) is 10.8 Å². The maximum absolute atomic E-state index is 10.7. The van der Waals surface area contributed by atoms with Crippen molar-refractivity contribution in [2.24, 2.45) is 5.73 Å². The second kappa shape index (κ2) is 6.09. The first kappa shape index (κ1) is 13.9. The van der Waals surface area contributed by atoms with Gasteiger partial charge in [0.25, 0.3) is 0 Å². The van der Waals surface area contributed by atoms with E-state index < -0.39 is 12.0 Å². The van der Waals surface area contributed by atoms with E-state index in [0.29, 0.717) is 17.4 Å². The summed E-state index contributed by atoms with van der Waals surface area (Å²) >= 11 is 2.97. The van der Waals surface area contributed by atoms with Gasteiger partial charge in [-0.05, 0) is 0 Å². The molecule has 0 radical (unpaired) electrons. The van der Waals surface area contributed by atoms with Gasteiger partial charge in [-0.25, -0.2) is 9.97 Å². The first-order chi connectivity index (χ1) is 9.08. The molecule has 4 N–H and O–H groups in total. The quantitative estimate of drug-likeness (QED) is 0.753. The van der Waals surface area contributed by atoms with E-state index in [-0.39, 0.29) is 5.92 Å². The number of carbonyl (C=O) groups is 1. The maximum atomic E-state index is 10.7. The van der Waals surface area contributed by atoms with Crippen LogP contribution in [0.15, 0.2) is 17.0 Å². The Balaban J connectivity index is 1.92. The molecule has 0 saturated carbocycles. The van der Waals surface area contributed by atoms with Crippen LogP contribution in [0.5, 0.6) is 0 Å². The molecule has 2 atom stereocenters. The zero-order chi connectivity index (χ0) is 13.8. The van der Waals surface area contributed by atoms with Crippen molar-refractivity contribution >= 4 is 33.8 Å². The largest absolute Gasteiger partial charge is 0.480 e. The van der Waals surface area contributed by atoms with Crippen molar-refractivity contribution in [3.63, 3.8) is 0 Å². The third-order valence-electron chi connectivity index (χ3n) is 2.54. The van der Waals surface area contributed by atoms with E-state index in [0.717, 1.165) is 5.01 Å². The molecule has 8 heteroatoms. The molecular formula is C11H14N4O2S2. The third-order valence-corrected chi connectivity index (χ3v) is 4.36. The van der Waals surface area contributed by atoms with Crippen molar-refractivity contribution in [3.05, 3.63) is 27.7 Å². The van der Waals surface area contributed by atoms with Crippen LogP contribution in [-0.2, 0) is 4.79 Å². The summed E-state index contributed by atoms with van der Waals surface area (Å²) in [5, 5.41) is 17.3. The molecule has 19 heavy (non-hydrogen) atoms. The van der Waals surface area contributed by atoms with Gasteiger partial charge in [0.2, 0.25) is 0 Å². The minimum absolute atomic E-state index is 0.278. The molecule has 0 spiro atoms. The SMILES string of the molecule is CC(CNc1nc(C(N)C(=O)O)cs1)c1nccs1. The molecule has 0 bridgehead atoms. The predicted octanol–water partition coefficient (Wildman–Crippen LogP) is 1.90. The molecule has 0 fully saturated rings. The summed E-state index contributed by atoms with van der Waals surface area (Å²) in [6, 6.07) is -1.07. The van der Waals surface area contributed by atoms with E-state index in [9.17, 15) is 4.79 Å². The van der Waals surface area contributed by atoms with Crippen LogP contribution >= 0.6 is 22.7 Å². The third kappa shape index (κ3) is 3.49. The molecular weight excluding hydrogens is 284 g/mol. The topological polar surface area (TPSA) is 101 Å². The number of carboxylic acids is 1. The first-order valence-corrected chi connectivity index (χ1v) is 7.41. The van der Waals surface area contributed by atoms with E-state index in [1.54, 1.807) is 22.9 Å². The molecule has 0 saturated heterocycles. The second-order valence-electron chi connectivity index (χ2n) is 4.05. The number of nitrogens with zero attached hydrogens (tertiary/aromatic N) is 2. The monoisotopic (exact) mass is 298 g/mol. The van der Waals surface area contributed by atoms with Crippen molar-refractivity contribution in [2.75, 3.05) is 11.9 Å². The number of hydrogen-bond donors (Lipinski definition) is 3. The van der Waals surface area contributed by atoms with Gasteiger partial charge in [0.15, 0.2) is 5.13 Å². The van der Waals surface area contributed by atoms with Gasteiger partial charge in [-0.3, -0.25) is 4.79 Å². The fraction of sp³-hybridized carbons (Fsp3) is 0.364. The van der Waals surface area contributed by atoms with Crippen LogP contribution in [0.2, 0.25) is 0 Å². The van der Waals surface area contributed by atoms with Crippen LogP contribution in [0.4, 0.5) is 5.13 Å². The summed E-state index contributed by atoms with van der Waals surface area (Å²) in [7, 11) is 0. The molecule has 2 aromatic rings. The molecule has 2 unspecified atom stereocenters. The van der Waals surface area contributed by atoms with Gasteiger partial charge in [0.1, 0.15) is 6.04 Å². The number of nitrogens with two attached hydrogens (primary N) is 1. The molecule has 0 aliphatic rings. The van der Waals surface area contributed by atoms with E-state index in [2.05, 4.69) is 22.2 Å². The van der Waals surface area contributed by atoms with Crippen LogP contribution in [0, 0.1) is 0 Å². The number of hydrogen-bond acceptors (Lipinski definition) is 7. The van der Waals surface area contributed by atoms with E-state index in [1.165, 1.54) is 11.3 Å². The Morgan fingerprint density at radius 3 is 3.00 bits per heavy atom. The summed E-state index contributed by atoms with van der Waals surface area (Å²) in [4.78, 5) is 19.2. The lowest BCUT2D eigenvalue weighted by molar-refractivity contribution is -0.138. The standard InChI is InChI=1S/C11H14N4O2S2/c1-6(9-13-2-3-18-9)4-14-11-15-7(5-19-11)8(12)10(16)17/h2-3,5-6,8H,4,12H2,1H3,(H,14,15)(H,16,17). The van der Waals surface area contributed by atoms with Crippen molar-refractivity contribution in [3.8, 4) is 0 Å². The number of carboxylic acid groups (broad SMARTS) is 1. The molecule has 2 rings (SSSR count). The lowest BCUT2D eigenvalue weighted by Gasteiger charge is -2.08. The average molecular weight is 298 g/mol. The number of rotatable bonds is 6. The van der Waals surface area contributed by atoms with Crippen molar-refractivity contribution < 1.29 is 9.90 Å². The normalized spacial score (nSPS) is 14.0. The van der Waals surface area contributed by atoms with Gasteiger partial charge in [0.05, 0.1) is 10.7 Å².